The predicted octanol–water partition coefficient (Wildman–Crippen LogP) is 3.24. The number of anilines is 2. The molecule has 2 aliphatic rings. The van der Waals surface area contributed by atoms with Crippen LogP contribution in [0.25, 0.3) is 0 Å². The fourth-order valence-corrected chi connectivity index (χ4v) is 5.31. The molecule has 1 fully saturated rings. The number of amides is 2. The fourth-order valence-electron chi connectivity index (χ4n) is 5.31. The molecular formula is C28H29FN4O4. The van der Waals surface area contributed by atoms with E-state index in [9.17, 15) is 18.8 Å². The first-order valence-electron chi connectivity index (χ1n) is 12.4. The number of nitrogens with zero attached hydrogens (tertiary/aromatic N) is 2. The Hall–Kier alpha value is -3.98. The summed E-state index contributed by atoms with van der Waals surface area (Å²) in [6, 6.07) is 16.0. The van der Waals surface area contributed by atoms with E-state index in [2.05, 4.69) is 15.5 Å². The number of rotatable bonds is 7. The van der Waals surface area contributed by atoms with Crippen molar-refractivity contribution in [1.82, 2.24) is 9.88 Å². The summed E-state index contributed by atoms with van der Waals surface area (Å²) in [7, 11) is 1.56. The van der Waals surface area contributed by atoms with E-state index in [1.165, 1.54) is 24.3 Å². The second-order valence-electron chi connectivity index (χ2n) is 9.54. The normalized spacial score (nSPS) is 18.2. The van der Waals surface area contributed by atoms with Crippen LogP contribution in [0, 0.1) is 11.7 Å². The van der Waals surface area contributed by atoms with Gasteiger partial charge in [-0.1, -0.05) is 6.07 Å². The van der Waals surface area contributed by atoms with Crippen LogP contribution < -0.4 is 21.1 Å². The van der Waals surface area contributed by atoms with E-state index in [1.807, 2.05) is 16.7 Å². The highest BCUT2D eigenvalue weighted by Crippen LogP contribution is 2.39. The lowest BCUT2D eigenvalue weighted by atomic mass is 9.83. The molecule has 1 saturated heterocycles. The summed E-state index contributed by atoms with van der Waals surface area (Å²) in [4.78, 5) is 40.4. The van der Waals surface area contributed by atoms with Crippen molar-refractivity contribution < 1.29 is 18.7 Å². The zero-order chi connectivity index (χ0) is 25.9. The van der Waals surface area contributed by atoms with Crippen molar-refractivity contribution in [2.45, 2.75) is 18.9 Å². The third-order valence-electron chi connectivity index (χ3n) is 7.03. The topological polar surface area (TPSA) is 92.7 Å². The number of aromatic nitrogens is 1. The number of pyridine rings is 1. The average Bonchev–Trinajstić information content (AvgIpc) is 2.89. The number of halogens is 1. The zero-order valence-electron chi connectivity index (χ0n) is 20.6. The number of piperidine rings is 1. The Labute approximate surface area is 214 Å². The van der Waals surface area contributed by atoms with Crippen molar-refractivity contribution in [3.63, 3.8) is 0 Å². The molecule has 2 atom stereocenters. The van der Waals surface area contributed by atoms with Gasteiger partial charge in [-0.05, 0) is 60.9 Å². The molecular weight excluding hydrogens is 475 g/mol. The number of hydrogen-bond donors (Lipinski definition) is 2. The van der Waals surface area contributed by atoms with Crippen LogP contribution in [0.5, 0.6) is 0 Å². The molecule has 2 amide bonds. The van der Waals surface area contributed by atoms with Gasteiger partial charge >= 0.3 is 0 Å². The molecule has 0 radical (unpaired) electrons. The van der Waals surface area contributed by atoms with Gasteiger partial charge in [-0.15, -0.1) is 0 Å². The lowest BCUT2D eigenvalue weighted by molar-refractivity contribution is 0.0936. The van der Waals surface area contributed by atoms with Crippen LogP contribution >= 0.6 is 0 Å². The van der Waals surface area contributed by atoms with Gasteiger partial charge < -0.3 is 24.8 Å². The lowest BCUT2D eigenvalue weighted by Crippen LogP contribution is -2.47. The molecule has 2 N–H and O–H groups in total. The van der Waals surface area contributed by atoms with Crippen molar-refractivity contribution in [3.05, 3.63) is 93.7 Å². The van der Waals surface area contributed by atoms with E-state index >= 15 is 0 Å². The van der Waals surface area contributed by atoms with Gasteiger partial charge in [0.25, 0.3) is 17.4 Å². The minimum Gasteiger partial charge on any atom is -0.383 e. The predicted molar refractivity (Wildman–Crippen MR) is 139 cm³/mol. The highest BCUT2D eigenvalue weighted by atomic mass is 19.1. The van der Waals surface area contributed by atoms with Crippen LogP contribution in [0.3, 0.4) is 0 Å². The van der Waals surface area contributed by atoms with Gasteiger partial charge in [-0.2, -0.15) is 0 Å². The summed E-state index contributed by atoms with van der Waals surface area (Å²) < 4.78 is 20.3. The Morgan fingerprint density at radius 3 is 2.57 bits per heavy atom. The van der Waals surface area contributed by atoms with E-state index in [0.717, 1.165) is 24.3 Å². The second-order valence-corrected chi connectivity index (χ2v) is 9.54. The molecule has 37 heavy (non-hydrogen) atoms. The monoisotopic (exact) mass is 504 g/mol. The maximum Gasteiger partial charge on any atom is 0.255 e. The Morgan fingerprint density at radius 2 is 1.78 bits per heavy atom. The third-order valence-corrected chi connectivity index (χ3v) is 7.03. The summed E-state index contributed by atoms with van der Waals surface area (Å²) in [5.74, 6) is -0.633. The second kappa shape index (κ2) is 10.6. The molecule has 9 heteroatoms. The molecule has 2 aromatic carbocycles. The van der Waals surface area contributed by atoms with Gasteiger partial charge in [0.05, 0.1) is 18.0 Å². The number of hydrogen-bond acceptors (Lipinski definition) is 5. The summed E-state index contributed by atoms with van der Waals surface area (Å²) in [5, 5.41) is 5.74. The van der Waals surface area contributed by atoms with Gasteiger partial charge in [0, 0.05) is 62.1 Å². The average molecular weight is 505 g/mol. The highest BCUT2D eigenvalue weighted by Gasteiger charge is 2.35. The lowest BCUT2D eigenvalue weighted by Gasteiger charge is -2.44. The standard InChI is InChI=1S/C28H29FN4O4/c1-37-12-11-30-27(35)20-7-10-25(23(14-20)31-28(36)19-5-8-22(29)9-6-19)32-15-18-13-21(17-32)24-3-2-4-26(34)33(24)16-18/h2-10,14,18,21H,11-13,15-17H2,1H3,(H,30,35)(H,31,36)/t18-,21+/m1/s1. The van der Waals surface area contributed by atoms with Gasteiger partial charge in [0.1, 0.15) is 5.82 Å². The Balaban J connectivity index is 1.45. The number of benzene rings is 2. The van der Waals surface area contributed by atoms with Gasteiger partial charge in [-0.25, -0.2) is 4.39 Å². The first-order chi connectivity index (χ1) is 17.9. The number of carbonyl (C=O) groups excluding carboxylic acids is 2. The Bertz CT molecular complexity index is 1370. The van der Waals surface area contributed by atoms with Crippen molar-refractivity contribution in [2.75, 3.05) is 43.6 Å². The molecule has 2 aliphatic heterocycles. The van der Waals surface area contributed by atoms with Crippen LogP contribution in [-0.4, -0.2) is 49.7 Å². The van der Waals surface area contributed by atoms with Crippen molar-refractivity contribution in [3.8, 4) is 0 Å². The molecule has 3 heterocycles. The summed E-state index contributed by atoms with van der Waals surface area (Å²) in [6.45, 7) is 2.80. The van der Waals surface area contributed by atoms with Gasteiger partial charge in [-0.3, -0.25) is 14.4 Å². The molecule has 3 aromatic rings. The summed E-state index contributed by atoms with van der Waals surface area (Å²) in [6.07, 6.45) is 0.997. The van der Waals surface area contributed by atoms with Gasteiger partial charge in [0.15, 0.2) is 0 Å². The largest absolute Gasteiger partial charge is 0.383 e. The third kappa shape index (κ3) is 5.27. The van der Waals surface area contributed by atoms with Crippen LogP contribution in [-0.2, 0) is 11.3 Å². The quantitative estimate of drug-likeness (QED) is 0.482. The zero-order valence-corrected chi connectivity index (χ0v) is 20.6. The number of fused-ring (bicyclic) bond motifs is 4. The maximum absolute atomic E-state index is 13.4. The van der Waals surface area contributed by atoms with E-state index in [4.69, 9.17) is 4.74 Å². The molecule has 192 valence electrons. The highest BCUT2D eigenvalue weighted by molar-refractivity contribution is 6.07. The fraction of sp³-hybridized carbons (Fsp3) is 0.321. The van der Waals surface area contributed by atoms with Gasteiger partial charge in [0.2, 0.25) is 0 Å². The van der Waals surface area contributed by atoms with E-state index in [0.29, 0.717) is 43.1 Å². The molecule has 0 saturated carbocycles. The molecule has 5 rings (SSSR count). The SMILES string of the molecule is COCCNC(=O)c1ccc(N2C[C@H]3C[C@@H](C2)c2cccc(=O)n2C3)c(NC(=O)c2ccc(F)cc2)c1. The van der Waals surface area contributed by atoms with E-state index in [1.54, 1.807) is 31.4 Å². The molecule has 0 aliphatic carbocycles. The van der Waals surface area contributed by atoms with E-state index < -0.39 is 11.7 Å². The minimum absolute atomic E-state index is 0.0248. The number of carbonyl (C=O) groups is 2. The number of methoxy groups -OCH3 is 1. The van der Waals surface area contributed by atoms with Crippen LogP contribution in [0.15, 0.2) is 65.5 Å². The maximum atomic E-state index is 13.4. The number of nitrogens with one attached hydrogen (secondary N) is 2. The van der Waals surface area contributed by atoms with Crippen LogP contribution in [0.4, 0.5) is 15.8 Å². The Morgan fingerprint density at radius 1 is 1.00 bits per heavy atom. The molecule has 0 spiro atoms. The first kappa shape index (κ1) is 24.7. The number of ether oxygens (including phenoxy) is 1. The molecule has 1 aromatic heterocycles. The van der Waals surface area contributed by atoms with Crippen LogP contribution in [0.2, 0.25) is 0 Å². The molecule has 0 unspecified atom stereocenters. The van der Waals surface area contributed by atoms with E-state index in [-0.39, 0.29) is 23.3 Å². The minimum atomic E-state index is -0.425. The van der Waals surface area contributed by atoms with Crippen LogP contribution in [0.1, 0.15) is 38.7 Å². The molecule has 2 bridgehead atoms. The first-order valence-corrected chi connectivity index (χ1v) is 12.4. The smallest absolute Gasteiger partial charge is 0.255 e. The van der Waals surface area contributed by atoms with Crippen molar-refractivity contribution >= 4 is 23.2 Å². The summed E-state index contributed by atoms with van der Waals surface area (Å²) in [5.41, 5.74) is 3.06. The van der Waals surface area contributed by atoms with Crippen molar-refractivity contribution in [2.24, 2.45) is 5.92 Å². The van der Waals surface area contributed by atoms with Crippen molar-refractivity contribution in [1.29, 1.82) is 0 Å². The molecule has 8 nitrogen and oxygen atoms in total. The Kier molecular flexibility index (Phi) is 7.05. The summed E-state index contributed by atoms with van der Waals surface area (Å²) >= 11 is 0.